The maximum Gasteiger partial charge on any atom is 0.254 e. The third-order valence-corrected chi connectivity index (χ3v) is 3.48. The molecule has 0 aliphatic heterocycles. The first kappa shape index (κ1) is 15.1. The third kappa shape index (κ3) is 3.85. The lowest BCUT2D eigenvalue weighted by Crippen LogP contribution is -2.31. The highest BCUT2D eigenvalue weighted by atomic mass is 16.2. The molecule has 0 aliphatic rings. The van der Waals surface area contributed by atoms with E-state index in [0.29, 0.717) is 6.54 Å². The Kier molecular flexibility index (Phi) is 4.99. The van der Waals surface area contributed by atoms with Gasteiger partial charge in [-0.2, -0.15) is 0 Å². The van der Waals surface area contributed by atoms with Gasteiger partial charge >= 0.3 is 0 Å². The minimum absolute atomic E-state index is 0.0809. The van der Waals surface area contributed by atoms with Crippen LogP contribution in [0.5, 0.6) is 0 Å². The predicted molar refractivity (Wildman–Crippen MR) is 87.1 cm³/mol. The van der Waals surface area contributed by atoms with Crippen LogP contribution in [0.4, 0.5) is 5.69 Å². The number of anilines is 1. The van der Waals surface area contributed by atoms with E-state index in [1.165, 1.54) is 0 Å². The van der Waals surface area contributed by atoms with Crippen LogP contribution in [0.3, 0.4) is 0 Å². The van der Waals surface area contributed by atoms with Crippen molar-refractivity contribution in [1.82, 2.24) is 4.90 Å². The molecular weight excluding hydrogens is 260 g/mol. The molecule has 0 bridgehead atoms. The zero-order chi connectivity index (χ0) is 15.2. The Bertz CT molecular complexity index is 622. The van der Waals surface area contributed by atoms with Crippen molar-refractivity contribution in [2.24, 2.45) is 0 Å². The van der Waals surface area contributed by atoms with Gasteiger partial charge in [0.1, 0.15) is 0 Å². The fourth-order valence-electron chi connectivity index (χ4n) is 2.42. The van der Waals surface area contributed by atoms with E-state index in [1.54, 1.807) is 0 Å². The van der Waals surface area contributed by atoms with E-state index in [9.17, 15) is 4.79 Å². The van der Waals surface area contributed by atoms with Gasteiger partial charge < -0.3 is 10.6 Å². The van der Waals surface area contributed by atoms with Crippen LogP contribution in [0.2, 0.25) is 0 Å². The molecule has 0 atom stereocenters. The summed E-state index contributed by atoms with van der Waals surface area (Å²) in [6, 6.07) is 15.4. The van der Waals surface area contributed by atoms with E-state index in [0.717, 1.165) is 35.3 Å². The van der Waals surface area contributed by atoms with Gasteiger partial charge in [0.25, 0.3) is 5.91 Å². The Labute approximate surface area is 126 Å². The first-order valence-electron chi connectivity index (χ1n) is 7.31. The van der Waals surface area contributed by atoms with Gasteiger partial charge in [0.2, 0.25) is 0 Å². The second-order valence-electron chi connectivity index (χ2n) is 5.29. The van der Waals surface area contributed by atoms with Gasteiger partial charge in [-0.25, -0.2) is 0 Å². The number of amides is 1. The third-order valence-electron chi connectivity index (χ3n) is 3.48. The standard InChI is InChI=1S/C18H22N2O/c1-3-11-20(13-15-8-6-9-16(19)12-15)18(21)17-10-5-4-7-14(17)2/h4-10,12H,3,11,13,19H2,1-2H3. The highest BCUT2D eigenvalue weighted by Gasteiger charge is 2.16. The average molecular weight is 282 g/mol. The van der Waals surface area contributed by atoms with E-state index >= 15 is 0 Å². The van der Waals surface area contributed by atoms with Crippen LogP contribution in [0.25, 0.3) is 0 Å². The van der Waals surface area contributed by atoms with Crippen LogP contribution in [0, 0.1) is 6.92 Å². The maximum atomic E-state index is 12.7. The van der Waals surface area contributed by atoms with Gasteiger partial charge in [-0.15, -0.1) is 0 Å². The molecule has 2 rings (SSSR count). The van der Waals surface area contributed by atoms with Crippen molar-refractivity contribution in [1.29, 1.82) is 0 Å². The van der Waals surface area contributed by atoms with Crippen LogP contribution in [0.15, 0.2) is 48.5 Å². The molecule has 0 aliphatic carbocycles. The number of rotatable bonds is 5. The molecule has 0 aromatic heterocycles. The number of aryl methyl sites for hydroxylation is 1. The molecule has 3 heteroatoms. The van der Waals surface area contributed by atoms with Gasteiger partial charge in [0.15, 0.2) is 0 Å². The van der Waals surface area contributed by atoms with Crippen LogP contribution in [0.1, 0.15) is 34.8 Å². The molecule has 0 fully saturated rings. The quantitative estimate of drug-likeness (QED) is 0.851. The molecule has 0 heterocycles. The largest absolute Gasteiger partial charge is 0.399 e. The molecular formula is C18H22N2O. The number of nitrogen functional groups attached to an aromatic ring is 1. The van der Waals surface area contributed by atoms with Crippen LogP contribution >= 0.6 is 0 Å². The number of hydrogen-bond donors (Lipinski definition) is 1. The smallest absolute Gasteiger partial charge is 0.254 e. The summed E-state index contributed by atoms with van der Waals surface area (Å²) in [6.07, 6.45) is 0.930. The summed E-state index contributed by atoms with van der Waals surface area (Å²) in [7, 11) is 0. The normalized spacial score (nSPS) is 10.4. The summed E-state index contributed by atoms with van der Waals surface area (Å²) in [5.41, 5.74) is 9.39. The van der Waals surface area contributed by atoms with Crippen molar-refractivity contribution in [3.05, 3.63) is 65.2 Å². The number of carbonyl (C=O) groups is 1. The number of carbonyl (C=O) groups excluding carboxylic acids is 1. The number of hydrogen-bond acceptors (Lipinski definition) is 2. The van der Waals surface area contributed by atoms with Crippen molar-refractivity contribution in [2.75, 3.05) is 12.3 Å². The first-order valence-corrected chi connectivity index (χ1v) is 7.31. The molecule has 0 radical (unpaired) electrons. The van der Waals surface area contributed by atoms with Crippen molar-refractivity contribution in [2.45, 2.75) is 26.8 Å². The van der Waals surface area contributed by atoms with Gasteiger partial charge in [0.05, 0.1) is 0 Å². The highest BCUT2D eigenvalue weighted by Crippen LogP contribution is 2.15. The van der Waals surface area contributed by atoms with Crippen LogP contribution < -0.4 is 5.73 Å². The van der Waals surface area contributed by atoms with Crippen molar-refractivity contribution < 1.29 is 4.79 Å². The molecule has 1 amide bonds. The van der Waals surface area contributed by atoms with E-state index < -0.39 is 0 Å². The van der Waals surface area contributed by atoms with E-state index in [2.05, 4.69) is 6.92 Å². The topological polar surface area (TPSA) is 46.3 Å². The fourth-order valence-corrected chi connectivity index (χ4v) is 2.42. The summed E-state index contributed by atoms with van der Waals surface area (Å²) in [4.78, 5) is 14.6. The molecule has 2 aromatic rings. The second-order valence-corrected chi connectivity index (χ2v) is 5.29. The molecule has 21 heavy (non-hydrogen) atoms. The first-order chi connectivity index (χ1) is 10.1. The molecule has 0 unspecified atom stereocenters. The van der Waals surface area contributed by atoms with Gasteiger partial charge in [-0.3, -0.25) is 4.79 Å². The summed E-state index contributed by atoms with van der Waals surface area (Å²) >= 11 is 0. The summed E-state index contributed by atoms with van der Waals surface area (Å²) in [5, 5.41) is 0. The second kappa shape index (κ2) is 6.93. The Balaban J connectivity index is 2.22. The Hall–Kier alpha value is -2.29. The minimum Gasteiger partial charge on any atom is -0.399 e. The molecule has 2 aromatic carbocycles. The van der Waals surface area contributed by atoms with Crippen LogP contribution in [-0.2, 0) is 6.54 Å². The summed E-state index contributed by atoms with van der Waals surface area (Å²) in [6.45, 7) is 5.38. The van der Waals surface area contributed by atoms with Crippen LogP contribution in [-0.4, -0.2) is 17.4 Å². The monoisotopic (exact) mass is 282 g/mol. The van der Waals surface area contributed by atoms with Gasteiger partial charge in [-0.05, 0) is 42.7 Å². The Morgan fingerprint density at radius 2 is 1.90 bits per heavy atom. The fraction of sp³-hybridized carbons (Fsp3) is 0.278. The molecule has 3 nitrogen and oxygen atoms in total. The molecule has 0 saturated carbocycles. The lowest BCUT2D eigenvalue weighted by Gasteiger charge is -2.23. The number of benzene rings is 2. The van der Waals surface area contributed by atoms with E-state index in [4.69, 9.17) is 5.73 Å². The summed E-state index contributed by atoms with van der Waals surface area (Å²) < 4.78 is 0. The number of nitrogens with two attached hydrogens (primary N) is 1. The zero-order valence-electron chi connectivity index (χ0n) is 12.7. The maximum absolute atomic E-state index is 12.7. The molecule has 110 valence electrons. The molecule has 2 N–H and O–H groups in total. The van der Waals surface area contributed by atoms with Crippen molar-refractivity contribution in [3.63, 3.8) is 0 Å². The van der Waals surface area contributed by atoms with E-state index in [-0.39, 0.29) is 5.91 Å². The zero-order valence-corrected chi connectivity index (χ0v) is 12.7. The Morgan fingerprint density at radius 3 is 2.57 bits per heavy atom. The Morgan fingerprint density at radius 1 is 1.14 bits per heavy atom. The van der Waals surface area contributed by atoms with Gasteiger partial charge in [0, 0.05) is 24.3 Å². The SMILES string of the molecule is CCCN(Cc1cccc(N)c1)C(=O)c1ccccc1C. The lowest BCUT2D eigenvalue weighted by molar-refractivity contribution is 0.0742. The highest BCUT2D eigenvalue weighted by molar-refractivity contribution is 5.95. The molecule has 0 saturated heterocycles. The predicted octanol–water partition coefficient (Wildman–Crippen LogP) is 3.63. The minimum atomic E-state index is 0.0809. The lowest BCUT2D eigenvalue weighted by atomic mass is 10.1. The van der Waals surface area contributed by atoms with E-state index in [1.807, 2.05) is 60.4 Å². The number of nitrogens with zero attached hydrogens (tertiary/aromatic N) is 1. The summed E-state index contributed by atoms with van der Waals surface area (Å²) in [5.74, 6) is 0.0809. The van der Waals surface area contributed by atoms with Gasteiger partial charge in [-0.1, -0.05) is 37.3 Å². The molecule has 0 spiro atoms. The van der Waals surface area contributed by atoms with Crippen molar-refractivity contribution >= 4 is 11.6 Å². The average Bonchev–Trinajstić information content (AvgIpc) is 2.47. The van der Waals surface area contributed by atoms with Crippen molar-refractivity contribution in [3.8, 4) is 0 Å².